The quantitative estimate of drug-likeness (QED) is 0.826. The minimum atomic E-state index is -0.223. The molecule has 0 atom stereocenters. The van der Waals surface area contributed by atoms with Crippen LogP contribution in [0.4, 0.5) is 5.82 Å². The predicted octanol–water partition coefficient (Wildman–Crippen LogP) is 3.56. The van der Waals surface area contributed by atoms with Gasteiger partial charge in [0.05, 0.1) is 18.4 Å². The van der Waals surface area contributed by atoms with Crippen molar-refractivity contribution in [2.24, 2.45) is 0 Å². The second-order valence-corrected chi connectivity index (χ2v) is 5.54. The number of benzene rings is 1. The van der Waals surface area contributed by atoms with E-state index in [9.17, 15) is 4.79 Å². The van der Waals surface area contributed by atoms with Gasteiger partial charge in [-0.3, -0.25) is 4.79 Å². The smallest absolute Gasteiger partial charge is 0.260 e. The number of aryl methyl sites for hydroxylation is 2. The second kappa shape index (κ2) is 6.21. The van der Waals surface area contributed by atoms with Gasteiger partial charge in [-0.2, -0.15) is 0 Å². The van der Waals surface area contributed by atoms with Crippen LogP contribution in [0.5, 0.6) is 5.75 Å². The number of pyridine rings is 1. The largest absolute Gasteiger partial charge is 0.496 e. The van der Waals surface area contributed by atoms with Gasteiger partial charge in [0, 0.05) is 3.57 Å². The van der Waals surface area contributed by atoms with E-state index in [0.29, 0.717) is 17.1 Å². The Labute approximate surface area is 131 Å². The highest BCUT2D eigenvalue weighted by Gasteiger charge is 2.14. The lowest BCUT2D eigenvalue weighted by atomic mass is 10.1. The van der Waals surface area contributed by atoms with Gasteiger partial charge >= 0.3 is 0 Å². The standard InChI is InChI=1S/C15H15IN2O2/c1-9-5-4-6-11(14(9)20-3)15(19)18-13-8-7-12(16)10(2)17-13/h4-8H,1-3H3,(H,17,18,19). The summed E-state index contributed by atoms with van der Waals surface area (Å²) in [6.45, 7) is 3.81. The summed E-state index contributed by atoms with van der Waals surface area (Å²) in [4.78, 5) is 16.6. The average molecular weight is 382 g/mol. The Bertz CT molecular complexity index is 656. The highest BCUT2D eigenvalue weighted by Crippen LogP contribution is 2.24. The molecular weight excluding hydrogens is 367 g/mol. The first kappa shape index (κ1) is 14.8. The summed E-state index contributed by atoms with van der Waals surface area (Å²) in [5.41, 5.74) is 2.32. The van der Waals surface area contributed by atoms with Gasteiger partial charge in [0.1, 0.15) is 11.6 Å². The van der Waals surface area contributed by atoms with Crippen LogP contribution in [0, 0.1) is 17.4 Å². The molecule has 0 radical (unpaired) electrons. The summed E-state index contributed by atoms with van der Waals surface area (Å²) in [7, 11) is 1.56. The average Bonchev–Trinajstić information content (AvgIpc) is 2.42. The maximum Gasteiger partial charge on any atom is 0.260 e. The first-order chi connectivity index (χ1) is 9.52. The highest BCUT2D eigenvalue weighted by molar-refractivity contribution is 14.1. The van der Waals surface area contributed by atoms with E-state index >= 15 is 0 Å². The maximum atomic E-state index is 12.3. The van der Waals surface area contributed by atoms with Gasteiger partial charge in [0.25, 0.3) is 5.91 Å². The fraction of sp³-hybridized carbons (Fsp3) is 0.200. The number of carbonyl (C=O) groups excluding carboxylic acids is 1. The molecule has 4 nitrogen and oxygen atoms in total. The molecule has 0 saturated carbocycles. The molecule has 2 aromatic rings. The number of nitrogens with one attached hydrogen (secondary N) is 1. The van der Waals surface area contributed by atoms with Gasteiger partial charge in [0.15, 0.2) is 0 Å². The zero-order chi connectivity index (χ0) is 14.7. The minimum absolute atomic E-state index is 0.223. The van der Waals surface area contributed by atoms with Gasteiger partial charge < -0.3 is 10.1 Å². The summed E-state index contributed by atoms with van der Waals surface area (Å²) in [6, 6.07) is 9.18. The molecule has 0 aliphatic rings. The molecular formula is C15H15IN2O2. The number of ether oxygens (including phenoxy) is 1. The number of carbonyl (C=O) groups is 1. The normalized spacial score (nSPS) is 10.2. The number of nitrogens with zero attached hydrogens (tertiary/aromatic N) is 1. The highest BCUT2D eigenvalue weighted by atomic mass is 127. The molecule has 1 amide bonds. The van der Waals surface area contributed by atoms with Crippen LogP contribution in [0.3, 0.4) is 0 Å². The molecule has 0 aliphatic heterocycles. The van der Waals surface area contributed by atoms with Crippen molar-refractivity contribution in [3.05, 3.63) is 50.7 Å². The zero-order valence-electron chi connectivity index (χ0n) is 11.5. The van der Waals surface area contributed by atoms with Crippen molar-refractivity contribution in [2.45, 2.75) is 13.8 Å². The summed E-state index contributed by atoms with van der Waals surface area (Å²) >= 11 is 2.21. The molecule has 5 heteroatoms. The Kier molecular flexibility index (Phi) is 4.59. The van der Waals surface area contributed by atoms with Gasteiger partial charge in [-0.05, 0) is 60.2 Å². The van der Waals surface area contributed by atoms with Crippen molar-refractivity contribution in [3.63, 3.8) is 0 Å². The minimum Gasteiger partial charge on any atom is -0.496 e. The number of rotatable bonds is 3. The van der Waals surface area contributed by atoms with E-state index in [0.717, 1.165) is 14.8 Å². The summed E-state index contributed by atoms with van der Waals surface area (Å²) in [5, 5.41) is 2.79. The van der Waals surface area contributed by atoms with E-state index in [-0.39, 0.29) is 5.91 Å². The van der Waals surface area contributed by atoms with Crippen molar-refractivity contribution in [3.8, 4) is 5.75 Å². The number of aromatic nitrogens is 1. The van der Waals surface area contributed by atoms with E-state index in [2.05, 4.69) is 32.9 Å². The van der Waals surface area contributed by atoms with Crippen LogP contribution in [0.25, 0.3) is 0 Å². The molecule has 20 heavy (non-hydrogen) atoms. The molecule has 0 aliphatic carbocycles. The summed E-state index contributed by atoms with van der Waals surface area (Å²) in [6.07, 6.45) is 0. The van der Waals surface area contributed by atoms with Crippen molar-refractivity contribution >= 4 is 34.3 Å². The van der Waals surface area contributed by atoms with Gasteiger partial charge in [-0.25, -0.2) is 4.98 Å². The zero-order valence-corrected chi connectivity index (χ0v) is 13.7. The molecule has 1 aromatic carbocycles. The Morgan fingerprint density at radius 1 is 1.25 bits per heavy atom. The molecule has 0 spiro atoms. The second-order valence-electron chi connectivity index (χ2n) is 4.37. The van der Waals surface area contributed by atoms with E-state index in [4.69, 9.17) is 4.74 Å². The van der Waals surface area contributed by atoms with Crippen molar-refractivity contribution in [2.75, 3.05) is 12.4 Å². The number of hydrogen-bond acceptors (Lipinski definition) is 3. The third kappa shape index (κ3) is 3.09. The van der Waals surface area contributed by atoms with E-state index in [1.807, 2.05) is 32.0 Å². The Morgan fingerprint density at radius 2 is 2.00 bits per heavy atom. The fourth-order valence-electron chi connectivity index (χ4n) is 1.90. The fourth-order valence-corrected chi connectivity index (χ4v) is 2.20. The Morgan fingerprint density at radius 3 is 2.65 bits per heavy atom. The van der Waals surface area contributed by atoms with Crippen LogP contribution >= 0.6 is 22.6 Å². The third-order valence-corrected chi connectivity index (χ3v) is 4.06. The van der Waals surface area contributed by atoms with Crippen LogP contribution in [-0.2, 0) is 0 Å². The lowest BCUT2D eigenvalue weighted by molar-refractivity contribution is 0.102. The molecule has 0 fully saturated rings. The molecule has 0 bridgehead atoms. The number of anilines is 1. The van der Waals surface area contributed by atoms with Gasteiger partial charge in [0.2, 0.25) is 0 Å². The predicted molar refractivity (Wildman–Crippen MR) is 87.4 cm³/mol. The first-order valence-corrected chi connectivity index (χ1v) is 7.19. The van der Waals surface area contributed by atoms with Crippen LogP contribution < -0.4 is 10.1 Å². The molecule has 1 heterocycles. The lowest BCUT2D eigenvalue weighted by Crippen LogP contribution is -2.15. The van der Waals surface area contributed by atoms with Crippen molar-refractivity contribution < 1.29 is 9.53 Å². The summed E-state index contributed by atoms with van der Waals surface area (Å²) < 4.78 is 6.36. The SMILES string of the molecule is COc1c(C)cccc1C(=O)Nc1ccc(I)c(C)n1. The van der Waals surface area contributed by atoms with Crippen molar-refractivity contribution in [1.29, 1.82) is 0 Å². The number of para-hydroxylation sites is 1. The Balaban J connectivity index is 2.28. The van der Waals surface area contributed by atoms with Crippen LogP contribution in [0.2, 0.25) is 0 Å². The first-order valence-electron chi connectivity index (χ1n) is 6.11. The van der Waals surface area contributed by atoms with Crippen LogP contribution in [-0.4, -0.2) is 18.0 Å². The molecule has 104 valence electrons. The van der Waals surface area contributed by atoms with Gasteiger partial charge in [-0.15, -0.1) is 0 Å². The van der Waals surface area contributed by atoms with Crippen molar-refractivity contribution in [1.82, 2.24) is 4.98 Å². The van der Waals surface area contributed by atoms with E-state index < -0.39 is 0 Å². The Hall–Kier alpha value is -1.63. The number of methoxy groups -OCH3 is 1. The molecule has 2 rings (SSSR count). The number of hydrogen-bond donors (Lipinski definition) is 1. The lowest BCUT2D eigenvalue weighted by Gasteiger charge is -2.11. The number of halogens is 1. The molecule has 1 aromatic heterocycles. The van der Waals surface area contributed by atoms with E-state index in [1.165, 1.54) is 0 Å². The maximum absolute atomic E-state index is 12.3. The van der Waals surface area contributed by atoms with Crippen LogP contribution in [0.1, 0.15) is 21.6 Å². The monoisotopic (exact) mass is 382 g/mol. The number of amides is 1. The van der Waals surface area contributed by atoms with E-state index in [1.54, 1.807) is 19.2 Å². The molecule has 0 saturated heterocycles. The van der Waals surface area contributed by atoms with Crippen LogP contribution in [0.15, 0.2) is 30.3 Å². The van der Waals surface area contributed by atoms with Gasteiger partial charge in [-0.1, -0.05) is 12.1 Å². The molecule has 1 N–H and O–H groups in total. The topological polar surface area (TPSA) is 51.2 Å². The third-order valence-electron chi connectivity index (χ3n) is 2.92. The molecule has 0 unspecified atom stereocenters. The summed E-state index contributed by atoms with van der Waals surface area (Å²) in [5.74, 6) is 0.905.